The van der Waals surface area contributed by atoms with E-state index in [0.29, 0.717) is 38.7 Å². The smallest absolute Gasteiger partial charge is 0.245 e. The van der Waals surface area contributed by atoms with Gasteiger partial charge in [0.25, 0.3) is 0 Å². The summed E-state index contributed by atoms with van der Waals surface area (Å²) in [4.78, 5) is 208. The molecule has 1 aromatic heterocycles. The number of aliphatic hydroxyl groups excluding tert-OH is 1. The minimum atomic E-state index is -1.81. The fraction of sp³-hybridized carbons (Fsp3) is 0.432. The number of hydrogen-bond donors (Lipinski definition) is 17. The number of primary amides is 1. The summed E-state index contributed by atoms with van der Waals surface area (Å²) in [5, 5.41) is 70.9. The lowest BCUT2D eigenvalue weighted by Crippen LogP contribution is -2.61. The van der Waals surface area contributed by atoms with Gasteiger partial charge in [-0.05, 0) is 108 Å². The zero-order valence-electron chi connectivity index (χ0n) is 65.7. The number of carbonyl (C=O) groups is 14. The second kappa shape index (κ2) is 43.3. The number of thioether (sulfide) groups is 1. The predicted molar refractivity (Wildman–Crippen MR) is 427 cm³/mol. The number of benzene rings is 5. The quantitative estimate of drug-likeness (QED) is 0.0509. The van der Waals surface area contributed by atoms with Crippen molar-refractivity contribution in [3.8, 4) is 17.2 Å². The Bertz CT molecular complexity index is 4390. The molecular formula is C81H105N15O18S. The number of nitrogens with two attached hydrogens (primary N) is 1. The average Bonchev–Trinajstić information content (AvgIpc) is 1.82. The fourth-order valence-corrected chi connectivity index (χ4v) is 13.6. The highest BCUT2D eigenvalue weighted by Gasteiger charge is 2.40. The van der Waals surface area contributed by atoms with Gasteiger partial charge >= 0.3 is 0 Å². The number of H-pyrrole nitrogens is 1. The largest absolute Gasteiger partial charge is 0.508 e. The molecule has 0 aliphatic carbocycles. The van der Waals surface area contributed by atoms with Crippen LogP contribution in [0.5, 0.6) is 17.2 Å². The first kappa shape index (κ1) is 90.1. The third-order valence-corrected chi connectivity index (χ3v) is 20.3. The van der Waals surface area contributed by atoms with Gasteiger partial charge in [-0.3, -0.25) is 67.1 Å². The van der Waals surface area contributed by atoms with Crippen molar-refractivity contribution in [2.45, 2.75) is 160 Å². The number of aromatic amines is 1. The number of hydrogen-bond acceptors (Lipinski definition) is 19. The van der Waals surface area contributed by atoms with Crippen LogP contribution < -0.4 is 64.2 Å². The monoisotopic (exact) mass is 1610 g/mol. The van der Waals surface area contributed by atoms with E-state index in [2.05, 4.69) is 63.5 Å². The van der Waals surface area contributed by atoms with Crippen molar-refractivity contribution in [2.75, 3.05) is 45.3 Å². The Hall–Kier alpha value is -12.1. The maximum Gasteiger partial charge on any atom is 0.245 e. The molecule has 2 heterocycles. The van der Waals surface area contributed by atoms with Gasteiger partial charge in [-0.2, -0.15) is 0 Å². The molecule has 11 atom stereocenters. The number of para-hydroxylation sites is 1. The molecule has 0 radical (unpaired) electrons. The highest BCUT2D eigenvalue weighted by molar-refractivity contribution is 8.00. The van der Waals surface area contributed by atoms with E-state index in [-0.39, 0.29) is 79.8 Å². The first-order chi connectivity index (χ1) is 54.6. The molecule has 115 heavy (non-hydrogen) atoms. The summed E-state index contributed by atoms with van der Waals surface area (Å²) in [6, 6.07) is 16.0. The molecule has 5 aromatic carbocycles. The fourth-order valence-electron chi connectivity index (χ4n) is 12.7. The molecule has 33 nitrogen and oxygen atoms in total. The molecule has 6 aromatic rings. The molecule has 34 heteroatoms. The number of aromatic nitrogens is 1. The average molecular weight is 1610 g/mol. The van der Waals surface area contributed by atoms with Gasteiger partial charge < -0.3 is 99.4 Å². The topological polar surface area (TPSA) is 501 Å². The first-order valence-corrected chi connectivity index (χ1v) is 38.9. The van der Waals surface area contributed by atoms with Crippen LogP contribution in [0.2, 0.25) is 0 Å². The normalized spacial score (nSPS) is 22.7. The maximum absolute atomic E-state index is 15.5. The molecule has 0 bridgehead atoms. The van der Waals surface area contributed by atoms with Gasteiger partial charge in [0, 0.05) is 69.1 Å². The highest BCUT2D eigenvalue weighted by atomic mass is 32.2. The number of aromatic hydroxyl groups is 3. The molecule has 14 amide bonds. The van der Waals surface area contributed by atoms with Crippen molar-refractivity contribution in [2.24, 2.45) is 23.5 Å². The van der Waals surface area contributed by atoms with Crippen molar-refractivity contribution in [3.63, 3.8) is 0 Å². The SMILES string of the molecule is CC(C)C[C@@H]1NC(=O)[C@H](Cc2ccc(O)cc2)NC(=O)[C@H](C)N(C)C(=O)CSC[C@@H](C(=O)NCC(N)=O)NC(=O)[C@H](CC(C)C)NC(=O)[C@H](Cc2ccccc2)N(C)C(=O)[C@H](Cc2ccc(O)cc2)NC(=O)[C@H](Cc2c[nH]c3ccccc23)NC(=O)CNC(=O)[C@H](CO)NC(=O)[C@H](Cc2ccc(O)cc2)NC(=O)[C@H](C(C)C)NC1=O. The van der Waals surface area contributed by atoms with E-state index >= 15 is 14.4 Å². The van der Waals surface area contributed by atoms with Crippen molar-refractivity contribution in [1.29, 1.82) is 0 Å². The molecular weight excluding hydrogens is 1500 g/mol. The van der Waals surface area contributed by atoms with E-state index in [0.717, 1.165) is 21.6 Å². The Morgan fingerprint density at radius 1 is 0.496 bits per heavy atom. The number of phenolic OH excluding ortho intramolecular Hbond substituents is 3. The maximum atomic E-state index is 15.5. The van der Waals surface area contributed by atoms with Crippen molar-refractivity contribution in [3.05, 3.63) is 161 Å². The zero-order chi connectivity index (χ0) is 84.3. The Morgan fingerprint density at radius 2 is 0.948 bits per heavy atom. The predicted octanol–water partition coefficient (Wildman–Crippen LogP) is 0.0401. The second-order valence-electron chi connectivity index (χ2n) is 29.6. The van der Waals surface area contributed by atoms with E-state index in [1.165, 1.54) is 93.8 Å². The van der Waals surface area contributed by atoms with Crippen molar-refractivity contribution < 1.29 is 87.5 Å². The Kier molecular flexibility index (Phi) is 33.9. The molecule has 618 valence electrons. The lowest BCUT2D eigenvalue weighted by molar-refractivity contribution is -0.143. The molecule has 1 aliphatic rings. The van der Waals surface area contributed by atoms with Gasteiger partial charge in [0.15, 0.2) is 0 Å². The number of amides is 14. The molecule has 0 spiro atoms. The van der Waals surface area contributed by atoms with E-state index < -0.39 is 181 Å². The van der Waals surface area contributed by atoms with Gasteiger partial charge in [-0.15, -0.1) is 11.8 Å². The molecule has 18 N–H and O–H groups in total. The van der Waals surface area contributed by atoms with Crippen LogP contribution >= 0.6 is 11.8 Å². The number of nitrogens with one attached hydrogen (secondary N) is 12. The number of rotatable bonds is 19. The minimum absolute atomic E-state index is 0.0280. The molecule has 0 saturated carbocycles. The number of phenols is 3. The summed E-state index contributed by atoms with van der Waals surface area (Å²) in [6.45, 7) is 8.98. The summed E-state index contributed by atoms with van der Waals surface area (Å²) in [6.07, 6.45) is 0.296. The number of aliphatic hydroxyl groups is 1. The number of likely N-dealkylation sites (N-methyl/N-ethyl adjacent to an activating group) is 2. The Morgan fingerprint density at radius 3 is 1.47 bits per heavy atom. The van der Waals surface area contributed by atoms with E-state index in [1.54, 1.807) is 102 Å². The standard InChI is InChI=1S/C81H105N15O18S/c1-44(2)31-58-74(107)93-65(73(106)84-39-67(82)101)42-115-43-69(103)95(8)47(7)71(104)87-60(33-49-19-25-53(98)26-20-49)75(108)88-59(32-45(3)4)78(111)94-70(46(5)6)80(113)90-61(34-50-21-27-54(99)28-22-50)76(109)92-64(41-97)72(105)85-40-68(102)86-62(37-52-38-83-57-18-14-13-17-56(52)57)77(110)91-63(35-51-23-29-55(100)30-24-51)81(114)96(9)66(79(112)89-58)36-48-15-11-10-12-16-48/h10-30,38,44-47,58-66,70,83,97-100H,31-37,39-43H2,1-9H3,(H2,82,101)(H,84,106)(H,85,105)(H,86,102)(H,87,104)(H,88,108)(H,89,112)(H,90,113)(H,91,110)(H,92,109)(H,93,107)(H,94,111)/t47-,58-,59-,60-,61-,62-,63-,64-,65-,66-,70-/m0/s1. The van der Waals surface area contributed by atoms with Gasteiger partial charge in [0.05, 0.1) is 25.4 Å². The van der Waals surface area contributed by atoms with E-state index in [4.69, 9.17) is 5.73 Å². The van der Waals surface area contributed by atoms with E-state index in [1.807, 2.05) is 0 Å². The number of carbonyl (C=O) groups excluding carboxylic acids is 14. The van der Waals surface area contributed by atoms with Gasteiger partial charge in [-0.25, -0.2) is 0 Å². The van der Waals surface area contributed by atoms with Crippen LogP contribution in [0.25, 0.3) is 10.9 Å². The van der Waals surface area contributed by atoms with Gasteiger partial charge in [-0.1, -0.05) is 126 Å². The van der Waals surface area contributed by atoms with Gasteiger partial charge in [0.1, 0.15) is 83.7 Å². The van der Waals surface area contributed by atoms with Gasteiger partial charge in [0.2, 0.25) is 82.7 Å². The summed E-state index contributed by atoms with van der Waals surface area (Å²) in [5.74, 6) is -15.3. The minimum Gasteiger partial charge on any atom is -0.508 e. The van der Waals surface area contributed by atoms with Crippen LogP contribution in [-0.2, 0) is 99.2 Å². The lowest BCUT2D eigenvalue weighted by Gasteiger charge is -2.33. The molecule has 1 aliphatic heterocycles. The number of nitrogens with zero attached hydrogens (tertiary/aromatic N) is 2. The van der Waals surface area contributed by atoms with Crippen LogP contribution in [0, 0.1) is 17.8 Å². The summed E-state index contributed by atoms with van der Waals surface area (Å²) < 4.78 is 0. The van der Waals surface area contributed by atoms with Crippen molar-refractivity contribution >= 4 is 105 Å². The summed E-state index contributed by atoms with van der Waals surface area (Å²) in [5.41, 5.74) is 8.37. The van der Waals surface area contributed by atoms with Crippen LogP contribution in [0.4, 0.5) is 0 Å². The van der Waals surface area contributed by atoms with Crippen LogP contribution in [0.15, 0.2) is 134 Å². The Balaban J connectivity index is 1.29. The second-order valence-corrected chi connectivity index (χ2v) is 30.7. The van der Waals surface area contributed by atoms with E-state index in [9.17, 15) is 73.2 Å². The highest BCUT2D eigenvalue weighted by Crippen LogP contribution is 2.23. The first-order valence-electron chi connectivity index (χ1n) is 37.8. The third kappa shape index (κ3) is 27.6. The van der Waals surface area contributed by atoms with Crippen LogP contribution in [0.1, 0.15) is 89.1 Å². The van der Waals surface area contributed by atoms with Crippen molar-refractivity contribution in [1.82, 2.24) is 73.3 Å². The molecule has 1 saturated heterocycles. The molecule has 7 rings (SSSR count). The summed E-state index contributed by atoms with van der Waals surface area (Å²) in [7, 11) is 2.62. The molecule has 0 unspecified atom stereocenters. The van der Waals surface area contributed by atoms with Crippen LogP contribution in [-0.4, -0.2) is 230 Å². The number of fused-ring (bicyclic) bond motifs is 1. The lowest BCUT2D eigenvalue weighted by atomic mass is 9.98. The molecule has 1 fully saturated rings. The summed E-state index contributed by atoms with van der Waals surface area (Å²) >= 11 is 0.845. The third-order valence-electron chi connectivity index (χ3n) is 19.2. The Labute approximate surface area is 670 Å². The van der Waals surface area contributed by atoms with Crippen LogP contribution in [0.3, 0.4) is 0 Å². The zero-order valence-corrected chi connectivity index (χ0v) is 66.5.